The quantitative estimate of drug-likeness (QED) is 0.730. The number of carbonyl (C=O) groups is 1. The summed E-state index contributed by atoms with van der Waals surface area (Å²) in [6.07, 6.45) is 2.52. The van der Waals surface area contributed by atoms with Gasteiger partial charge in [0, 0.05) is 26.2 Å². The minimum Gasteiger partial charge on any atom is -0.336 e. The molecule has 1 aliphatic rings. The molecular weight excluding hydrogens is 316 g/mol. The Hall–Kier alpha value is -2.96. The first-order valence-electron chi connectivity index (χ1n) is 8.44. The zero-order valence-electron chi connectivity index (χ0n) is 14.3. The second kappa shape index (κ2) is 6.16. The van der Waals surface area contributed by atoms with E-state index in [1.54, 1.807) is 4.90 Å². The Morgan fingerprint density at radius 1 is 1.16 bits per heavy atom. The highest BCUT2D eigenvalue weighted by atomic mass is 16.2. The fourth-order valence-electron chi connectivity index (χ4n) is 3.26. The van der Waals surface area contributed by atoms with E-state index in [0.717, 1.165) is 23.6 Å². The van der Waals surface area contributed by atoms with E-state index >= 15 is 0 Å². The zero-order chi connectivity index (χ0) is 17.4. The van der Waals surface area contributed by atoms with E-state index in [1.165, 1.54) is 0 Å². The topological polar surface area (TPSA) is 68.8 Å². The van der Waals surface area contributed by atoms with Crippen molar-refractivity contribution in [1.29, 1.82) is 0 Å². The Morgan fingerprint density at radius 3 is 2.68 bits per heavy atom. The lowest BCUT2D eigenvalue weighted by atomic mass is 10.0. The van der Waals surface area contributed by atoms with Gasteiger partial charge in [0.15, 0.2) is 11.6 Å². The monoisotopic (exact) mass is 336 g/mol. The molecule has 25 heavy (non-hydrogen) atoms. The molecule has 0 radical (unpaired) electrons. The van der Waals surface area contributed by atoms with Gasteiger partial charge in [-0.05, 0) is 18.6 Å². The molecule has 3 aromatic rings. The van der Waals surface area contributed by atoms with Crippen LogP contribution in [-0.4, -0.2) is 42.4 Å². The van der Waals surface area contributed by atoms with Crippen LogP contribution >= 0.6 is 0 Å². The number of hydrogen-bond acceptors (Lipinski definition) is 4. The van der Waals surface area contributed by atoms with Crippen molar-refractivity contribution in [2.24, 2.45) is 0 Å². The lowest BCUT2D eigenvalue weighted by molar-refractivity contribution is -0.135. The highest BCUT2D eigenvalue weighted by Gasteiger charge is 2.35. The molecule has 1 atom stereocenters. The standard InChI is InChI=1S/C18H20N6O/c1-3-23-10-9-14(21-23)17-20-19-16-12-22(2)18(25)15(24(16)17)11-13-7-5-4-6-8-13/h4-10,15H,3,11-12H2,1-2H3/t15-/m0/s1. The number of fused-ring (bicyclic) bond motifs is 1. The van der Waals surface area contributed by atoms with Crippen LogP contribution in [0.2, 0.25) is 0 Å². The Labute approximate surface area is 145 Å². The van der Waals surface area contributed by atoms with Crippen LogP contribution < -0.4 is 0 Å². The van der Waals surface area contributed by atoms with Crippen molar-refractivity contribution < 1.29 is 4.79 Å². The SMILES string of the molecule is CCn1ccc(-c2nnc3n2[C@@H](Cc2ccccc2)C(=O)N(C)C3)n1. The summed E-state index contributed by atoms with van der Waals surface area (Å²) in [7, 11) is 1.81. The van der Waals surface area contributed by atoms with Gasteiger partial charge >= 0.3 is 0 Å². The van der Waals surface area contributed by atoms with Gasteiger partial charge in [-0.25, -0.2) is 0 Å². The normalized spacial score (nSPS) is 17.0. The van der Waals surface area contributed by atoms with E-state index < -0.39 is 0 Å². The van der Waals surface area contributed by atoms with Crippen molar-refractivity contribution >= 4 is 5.91 Å². The molecule has 0 spiro atoms. The lowest BCUT2D eigenvalue weighted by Crippen LogP contribution is -2.41. The van der Waals surface area contributed by atoms with Crippen LogP contribution in [0.15, 0.2) is 42.6 Å². The average molecular weight is 336 g/mol. The maximum absolute atomic E-state index is 12.9. The Kier molecular flexibility index (Phi) is 3.83. The average Bonchev–Trinajstić information content (AvgIpc) is 3.26. The molecular formula is C18H20N6O. The van der Waals surface area contributed by atoms with E-state index in [4.69, 9.17) is 0 Å². The predicted octanol–water partition coefficient (Wildman–Crippen LogP) is 1.92. The molecule has 3 heterocycles. The van der Waals surface area contributed by atoms with Gasteiger partial charge in [0.05, 0.1) is 6.54 Å². The smallest absolute Gasteiger partial charge is 0.246 e. The Morgan fingerprint density at radius 2 is 1.96 bits per heavy atom. The molecule has 7 nitrogen and oxygen atoms in total. The molecule has 2 aromatic heterocycles. The summed E-state index contributed by atoms with van der Waals surface area (Å²) >= 11 is 0. The molecule has 1 amide bonds. The van der Waals surface area contributed by atoms with Crippen molar-refractivity contribution in [3.63, 3.8) is 0 Å². The molecule has 1 aromatic carbocycles. The van der Waals surface area contributed by atoms with Crippen LogP contribution in [0.25, 0.3) is 11.5 Å². The number of likely N-dealkylation sites (N-methyl/N-ethyl adjacent to an activating group) is 1. The number of aromatic nitrogens is 5. The minimum atomic E-state index is -0.354. The summed E-state index contributed by atoms with van der Waals surface area (Å²) < 4.78 is 3.80. The predicted molar refractivity (Wildman–Crippen MR) is 92.6 cm³/mol. The molecule has 0 saturated carbocycles. The summed E-state index contributed by atoms with van der Waals surface area (Å²) in [5.74, 6) is 1.53. The lowest BCUT2D eigenvalue weighted by Gasteiger charge is -2.31. The number of amides is 1. The summed E-state index contributed by atoms with van der Waals surface area (Å²) in [5, 5.41) is 13.2. The van der Waals surface area contributed by atoms with Gasteiger partial charge in [0.25, 0.3) is 0 Å². The summed E-state index contributed by atoms with van der Waals surface area (Å²) in [4.78, 5) is 14.6. The fraction of sp³-hybridized carbons (Fsp3) is 0.333. The number of carbonyl (C=O) groups excluding carboxylic acids is 1. The van der Waals surface area contributed by atoms with E-state index in [0.29, 0.717) is 18.8 Å². The maximum Gasteiger partial charge on any atom is 0.246 e. The van der Waals surface area contributed by atoms with Crippen molar-refractivity contribution in [3.05, 3.63) is 54.0 Å². The molecule has 7 heteroatoms. The van der Waals surface area contributed by atoms with E-state index in [2.05, 4.69) is 15.3 Å². The fourth-order valence-corrected chi connectivity index (χ4v) is 3.26. The van der Waals surface area contributed by atoms with Gasteiger partial charge < -0.3 is 4.90 Å². The molecule has 128 valence electrons. The largest absolute Gasteiger partial charge is 0.336 e. The van der Waals surface area contributed by atoms with Crippen LogP contribution in [0.3, 0.4) is 0 Å². The summed E-state index contributed by atoms with van der Waals surface area (Å²) in [6, 6.07) is 11.6. The number of nitrogens with zero attached hydrogens (tertiary/aromatic N) is 6. The van der Waals surface area contributed by atoms with Gasteiger partial charge in [0.2, 0.25) is 5.91 Å². The molecule has 4 rings (SSSR count). The van der Waals surface area contributed by atoms with Crippen LogP contribution in [0, 0.1) is 0 Å². The van der Waals surface area contributed by atoms with Crippen molar-refractivity contribution in [2.75, 3.05) is 7.05 Å². The van der Waals surface area contributed by atoms with Crippen LogP contribution in [0.4, 0.5) is 0 Å². The maximum atomic E-state index is 12.9. The number of rotatable bonds is 4. The first-order valence-corrected chi connectivity index (χ1v) is 8.44. The molecule has 0 fully saturated rings. The number of aryl methyl sites for hydroxylation is 1. The third-order valence-electron chi connectivity index (χ3n) is 4.58. The molecule has 0 N–H and O–H groups in total. The first-order chi connectivity index (χ1) is 12.2. The van der Waals surface area contributed by atoms with Gasteiger partial charge in [-0.2, -0.15) is 5.10 Å². The van der Waals surface area contributed by atoms with Crippen LogP contribution in [-0.2, 0) is 24.3 Å². The second-order valence-electron chi connectivity index (χ2n) is 6.27. The molecule has 0 aliphatic carbocycles. The number of benzene rings is 1. The van der Waals surface area contributed by atoms with Crippen molar-refractivity contribution in [2.45, 2.75) is 32.5 Å². The van der Waals surface area contributed by atoms with Crippen LogP contribution in [0.5, 0.6) is 0 Å². The Balaban J connectivity index is 1.78. The minimum absolute atomic E-state index is 0.0762. The molecule has 0 unspecified atom stereocenters. The molecule has 0 saturated heterocycles. The van der Waals surface area contributed by atoms with Crippen LogP contribution in [0.1, 0.15) is 24.4 Å². The molecule has 1 aliphatic heterocycles. The highest BCUT2D eigenvalue weighted by molar-refractivity contribution is 5.82. The number of hydrogen-bond donors (Lipinski definition) is 0. The van der Waals surface area contributed by atoms with Gasteiger partial charge in [-0.15, -0.1) is 10.2 Å². The third-order valence-corrected chi connectivity index (χ3v) is 4.58. The van der Waals surface area contributed by atoms with E-state index in [-0.39, 0.29) is 11.9 Å². The van der Waals surface area contributed by atoms with Crippen molar-refractivity contribution in [1.82, 2.24) is 29.4 Å². The van der Waals surface area contributed by atoms with Gasteiger partial charge in [-0.1, -0.05) is 30.3 Å². The Bertz CT molecular complexity index is 897. The van der Waals surface area contributed by atoms with Gasteiger partial charge in [0.1, 0.15) is 11.7 Å². The van der Waals surface area contributed by atoms with Crippen molar-refractivity contribution in [3.8, 4) is 11.5 Å². The third kappa shape index (κ3) is 2.71. The molecule has 0 bridgehead atoms. The summed E-state index contributed by atoms with van der Waals surface area (Å²) in [5.41, 5.74) is 1.86. The second-order valence-corrected chi connectivity index (χ2v) is 6.27. The highest BCUT2D eigenvalue weighted by Crippen LogP contribution is 2.29. The van der Waals surface area contributed by atoms with E-state index in [9.17, 15) is 4.79 Å². The van der Waals surface area contributed by atoms with Gasteiger partial charge in [-0.3, -0.25) is 14.0 Å². The zero-order valence-corrected chi connectivity index (χ0v) is 14.3. The van der Waals surface area contributed by atoms with E-state index in [1.807, 2.05) is 65.8 Å². The summed E-state index contributed by atoms with van der Waals surface area (Å²) in [6.45, 7) is 3.29. The first kappa shape index (κ1) is 15.6.